The molecular weight excluding hydrogens is 336 g/mol. The van der Waals surface area contributed by atoms with Crippen LogP contribution >= 0.6 is 0 Å². The van der Waals surface area contributed by atoms with E-state index in [1.54, 1.807) is 0 Å². The molecule has 0 aromatic heterocycles. The van der Waals surface area contributed by atoms with E-state index in [-0.39, 0.29) is 35.8 Å². The maximum absolute atomic E-state index is 13.0. The van der Waals surface area contributed by atoms with Crippen LogP contribution < -0.4 is 15.4 Å². The first-order chi connectivity index (χ1) is 11.9. The smallest absolute Gasteiger partial charge is 0.293 e. The number of nitrogens with one attached hydrogen (secondary N) is 2. The van der Waals surface area contributed by atoms with E-state index in [0.29, 0.717) is 0 Å². The van der Waals surface area contributed by atoms with Crippen molar-refractivity contribution in [3.8, 4) is 5.75 Å². The van der Waals surface area contributed by atoms with E-state index in [4.69, 9.17) is 4.74 Å². The number of hydrogen-bond donors (Lipinski definition) is 2. The second-order valence-corrected chi connectivity index (χ2v) is 4.92. The molecule has 2 rings (SSSR count). The Morgan fingerprint density at radius 3 is 2.60 bits per heavy atom. The first kappa shape index (κ1) is 18.1. The zero-order chi connectivity index (χ0) is 18.4. The van der Waals surface area contributed by atoms with Crippen molar-refractivity contribution in [2.45, 2.75) is 0 Å². The molecule has 132 valence electrons. The van der Waals surface area contributed by atoms with Gasteiger partial charge < -0.3 is 15.4 Å². The summed E-state index contributed by atoms with van der Waals surface area (Å²) in [5, 5.41) is 16.3. The third-order valence-electron chi connectivity index (χ3n) is 3.26. The van der Waals surface area contributed by atoms with Gasteiger partial charge >= 0.3 is 0 Å². The fraction of sp³-hybridized carbons (Fsp3) is 0.188. The van der Waals surface area contributed by atoms with Gasteiger partial charge in [-0.05, 0) is 24.3 Å². The molecule has 0 saturated heterocycles. The molecule has 2 N–H and O–H groups in total. The molecule has 2 aromatic rings. The van der Waals surface area contributed by atoms with Crippen molar-refractivity contribution < 1.29 is 23.2 Å². The molecule has 0 aliphatic carbocycles. The Hall–Kier alpha value is -3.23. The summed E-state index contributed by atoms with van der Waals surface area (Å²) in [6, 6.07) is 7.16. The highest BCUT2D eigenvalue weighted by molar-refractivity contribution is 5.95. The monoisotopic (exact) mass is 351 g/mol. The van der Waals surface area contributed by atoms with E-state index < -0.39 is 22.5 Å². The summed E-state index contributed by atoms with van der Waals surface area (Å²) in [5.74, 6) is -2.29. The normalized spacial score (nSPS) is 10.2. The van der Waals surface area contributed by atoms with E-state index >= 15 is 0 Å². The largest absolute Gasteiger partial charge is 0.492 e. The van der Waals surface area contributed by atoms with Crippen molar-refractivity contribution in [2.24, 2.45) is 0 Å². The molecule has 0 aliphatic rings. The predicted molar refractivity (Wildman–Crippen MR) is 86.8 cm³/mol. The van der Waals surface area contributed by atoms with Crippen LogP contribution in [-0.2, 0) is 0 Å². The number of halogens is 2. The Balaban J connectivity index is 1.98. The van der Waals surface area contributed by atoms with Gasteiger partial charge in [0.25, 0.3) is 11.6 Å². The van der Waals surface area contributed by atoms with Gasteiger partial charge in [0.1, 0.15) is 18.0 Å². The molecule has 0 unspecified atom stereocenters. The summed E-state index contributed by atoms with van der Waals surface area (Å²) >= 11 is 0. The van der Waals surface area contributed by atoms with Gasteiger partial charge in [0.05, 0.1) is 4.92 Å². The molecule has 1 amide bonds. The molecule has 0 fully saturated rings. The highest BCUT2D eigenvalue weighted by Gasteiger charge is 2.16. The lowest BCUT2D eigenvalue weighted by Gasteiger charge is -2.10. The van der Waals surface area contributed by atoms with Crippen LogP contribution in [-0.4, -0.2) is 31.0 Å². The second-order valence-electron chi connectivity index (χ2n) is 4.92. The Labute approximate surface area is 141 Å². The molecule has 25 heavy (non-hydrogen) atoms. The number of carbonyl (C=O) groups is 1. The zero-order valence-corrected chi connectivity index (χ0v) is 13.2. The van der Waals surface area contributed by atoms with Crippen molar-refractivity contribution in [1.29, 1.82) is 0 Å². The maximum Gasteiger partial charge on any atom is 0.293 e. The molecule has 0 bridgehead atoms. The molecule has 7 nitrogen and oxygen atoms in total. The minimum atomic E-state index is -1.02. The Morgan fingerprint density at radius 2 is 1.96 bits per heavy atom. The maximum atomic E-state index is 13.0. The van der Waals surface area contributed by atoms with Crippen LogP contribution in [0, 0.1) is 21.7 Å². The average Bonchev–Trinajstić information content (AvgIpc) is 2.60. The summed E-state index contributed by atoms with van der Waals surface area (Å²) in [6.45, 7) is 0.249. The van der Waals surface area contributed by atoms with Crippen LogP contribution in [0.3, 0.4) is 0 Å². The fourth-order valence-corrected chi connectivity index (χ4v) is 2.04. The lowest BCUT2D eigenvalue weighted by atomic mass is 10.1. The van der Waals surface area contributed by atoms with Crippen LogP contribution in [0.15, 0.2) is 36.4 Å². The molecule has 0 radical (unpaired) electrons. The number of ether oxygens (including phenoxy) is 1. The number of nitrogens with zero attached hydrogens (tertiary/aromatic N) is 1. The van der Waals surface area contributed by atoms with Gasteiger partial charge in [-0.2, -0.15) is 0 Å². The summed E-state index contributed by atoms with van der Waals surface area (Å²) in [6.07, 6.45) is 0. The molecule has 0 atom stereocenters. The first-order valence-corrected chi connectivity index (χ1v) is 7.24. The van der Waals surface area contributed by atoms with Crippen LogP contribution in [0.25, 0.3) is 0 Å². The Morgan fingerprint density at radius 1 is 1.20 bits per heavy atom. The van der Waals surface area contributed by atoms with Gasteiger partial charge in [-0.1, -0.05) is 0 Å². The number of hydrogen-bond acceptors (Lipinski definition) is 5. The molecule has 2 aromatic carbocycles. The van der Waals surface area contributed by atoms with Gasteiger partial charge in [0.2, 0.25) is 0 Å². The van der Waals surface area contributed by atoms with Crippen molar-refractivity contribution in [1.82, 2.24) is 5.32 Å². The van der Waals surface area contributed by atoms with E-state index in [1.165, 1.54) is 25.2 Å². The molecule has 0 heterocycles. The highest BCUT2D eigenvalue weighted by atomic mass is 19.2. The van der Waals surface area contributed by atoms with Crippen molar-refractivity contribution in [3.63, 3.8) is 0 Å². The van der Waals surface area contributed by atoms with Crippen molar-refractivity contribution >= 4 is 17.3 Å². The van der Waals surface area contributed by atoms with Gasteiger partial charge in [-0.3, -0.25) is 14.9 Å². The first-order valence-electron chi connectivity index (χ1n) is 7.24. The Kier molecular flexibility index (Phi) is 5.83. The minimum absolute atomic E-state index is 0.0689. The fourth-order valence-electron chi connectivity index (χ4n) is 2.04. The number of nitro groups is 1. The van der Waals surface area contributed by atoms with E-state index in [9.17, 15) is 23.7 Å². The Bertz CT molecular complexity index is 799. The number of amides is 1. The van der Waals surface area contributed by atoms with Crippen LogP contribution in [0.5, 0.6) is 5.75 Å². The van der Waals surface area contributed by atoms with Gasteiger partial charge in [0, 0.05) is 31.3 Å². The molecule has 9 heteroatoms. The molecule has 0 spiro atoms. The number of nitro benzene ring substituents is 1. The molecule has 0 aliphatic heterocycles. The SMILES string of the molecule is CNC(=O)c1ccc(NCCOc2ccc(F)c(F)c2)c([N+](=O)[O-])c1. The van der Waals surface area contributed by atoms with Crippen LogP contribution in [0.1, 0.15) is 10.4 Å². The van der Waals surface area contributed by atoms with Gasteiger partial charge in [-0.25, -0.2) is 8.78 Å². The van der Waals surface area contributed by atoms with Gasteiger partial charge in [-0.15, -0.1) is 0 Å². The predicted octanol–water partition coefficient (Wildman–Crippen LogP) is 2.72. The number of carbonyl (C=O) groups excluding carboxylic acids is 1. The minimum Gasteiger partial charge on any atom is -0.492 e. The number of anilines is 1. The quantitative estimate of drug-likeness (QED) is 0.454. The summed E-state index contributed by atoms with van der Waals surface area (Å²) in [7, 11) is 1.43. The van der Waals surface area contributed by atoms with E-state index in [2.05, 4.69) is 10.6 Å². The number of rotatable bonds is 7. The molecular formula is C16H15F2N3O4. The van der Waals surface area contributed by atoms with E-state index in [0.717, 1.165) is 18.2 Å². The standard InChI is InChI=1S/C16H15F2N3O4/c1-19-16(22)10-2-5-14(15(8-10)21(23)24)20-6-7-25-11-3-4-12(17)13(18)9-11/h2-5,8-9,20H,6-7H2,1H3,(H,19,22). The lowest BCUT2D eigenvalue weighted by Crippen LogP contribution is -2.18. The van der Waals surface area contributed by atoms with Crippen LogP contribution in [0.2, 0.25) is 0 Å². The summed E-state index contributed by atoms with van der Waals surface area (Å²) < 4.78 is 31.1. The highest BCUT2D eigenvalue weighted by Crippen LogP contribution is 2.25. The van der Waals surface area contributed by atoms with Crippen molar-refractivity contribution in [3.05, 3.63) is 63.7 Å². The average molecular weight is 351 g/mol. The third kappa shape index (κ3) is 4.63. The topological polar surface area (TPSA) is 93.5 Å². The van der Waals surface area contributed by atoms with Crippen molar-refractivity contribution in [2.75, 3.05) is 25.5 Å². The molecule has 0 saturated carbocycles. The second kappa shape index (κ2) is 8.04. The summed E-state index contributed by atoms with van der Waals surface area (Å²) in [4.78, 5) is 22.1. The van der Waals surface area contributed by atoms with Crippen LogP contribution in [0.4, 0.5) is 20.2 Å². The van der Waals surface area contributed by atoms with E-state index in [1.807, 2.05) is 0 Å². The van der Waals surface area contributed by atoms with Gasteiger partial charge in [0.15, 0.2) is 11.6 Å². The zero-order valence-electron chi connectivity index (χ0n) is 13.2. The number of benzene rings is 2. The summed E-state index contributed by atoms with van der Waals surface area (Å²) in [5.41, 5.74) is 0.123. The third-order valence-corrected chi connectivity index (χ3v) is 3.26. The lowest BCUT2D eigenvalue weighted by molar-refractivity contribution is -0.384.